The fraction of sp³-hybridized carbons (Fsp3) is 0.391. The topological polar surface area (TPSA) is 103 Å². The van der Waals surface area contributed by atoms with Crippen molar-refractivity contribution >= 4 is 5.91 Å². The molecule has 9 nitrogen and oxygen atoms in total. The van der Waals surface area contributed by atoms with E-state index in [1.165, 1.54) is 0 Å². The van der Waals surface area contributed by atoms with E-state index in [1.54, 1.807) is 38.6 Å². The zero-order valence-electron chi connectivity index (χ0n) is 18.4. The van der Waals surface area contributed by atoms with Gasteiger partial charge in [-0.1, -0.05) is 11.2 Å². The van der Waals surface area contributed by atoms with Crippen LogP contribution in [0, 0.1) is 0 Å². The van der Waals surface area contributed by atoms with E-state index in [1.807, 2.05) is 25.1 Å². The minimum absolute atomic E-state index is 0.0875. The summed E-state index contributed by atoms with van der Waals surface area (Å²) in [7, 11) is 3.19. The average Bonchev–Trinajstić information content (AvgIpc) is 3.34. The highest BCUT2D eigenvalue weighted by molar-refractivity contribution is 5.92. The maximum atomic E-state index is 12.4. The summed E-state index contributed by atoms with van der Waals surface area (Å²) in [5.41, 5.74) is 1.23. The number of rotatable bonds is 7. The summed E-state index contributed by atoms with van der Waals surface area (Å²) in [5, 5.41) is 7.18. The molecule has 2 aromatic heterocycles. The predicted octanol–water partition coefficient (Wildman–Crippen LogP) is 3.10. The molecular weight excluding hydrogens is 410 g/mol. The van der Waals surface area contributed by atoms with Crippen molar-refractivity contribution < 1.29 is 18.8 Å². The van der Waals surface area contributed by atoms with Crippen LogP contribution in [0.2, 0.25) is 0 Å². The Morgan fingerprint density at radius 3 is 2.62 bits per heavy atom. The van der Waals surface area contributed by atoms with Gasteiger partial charge in [-0.25, -0.2) is 0 Å². The van der Waals surface area contributed by atoms with Gasteiger partial charge in [-0.2, -0.15) is 4.98 Å². The zero-order chi connectivity index (χ0) is 22.5. The fourth-order valence-electron chi connectivity index (χ4n) is 3.88. The van der Waals surface area contributed by atoms with E-state index in [0.29, 0.717) is 28.9 Å². The number of likely N-dealkylation sites (tertiary alicyclic amines) is 1. The summed E-state index contributed by atoms with van der Waals surface area (Å²) in [6.45, 7) is 3.63. The molecule has 0 radical (unpaired) electrons. The van der Waals surface area contributed by atoms with E-state index in [2.05, 4.69) is 25.3 Å². The molecule has 3 heterocycles. The third-order valence-corrected chi connectivity index (χ3v) is 5.75. The maximum Gasteiger partial charge on any atom is 0.271 e. The van der Waals surface area contributed by atoms with Crippen LogP contribution < -0.4 is 14.8 Å². The third kappa shape index (κ3) is 4.72. The number of hydrogen-bond acceptors (Lipinski definition) is 8. The lowest BCUT2D eigenvalue weighted by atomic mass is 9.96. The van der Waals surface area contributed by atoms with E-state index in [4.69, 9.17) is 14.0 Å². The minimum atomic E-state index is -0.170. The summed E-state index contributed by atoms with van der Waals surface area (Å²) in [5.74, 6) is 2.45. The molecule has 1 N–H and O–H groups in total. The largest absolute Gasteiger partial charge is 0.493 e. The van der Waals surface area contributed by atoms with Crippen molar-refractivity contribution in [3.8, 4) is 22.9 Å². The Balaban J connectivity index is 1.35. The Bertz CT molecular complexity index is 1050. The van der Waals surface area contributed by atoms with Gasteiger partial charge >= 0.3 is 0 Å². The molecule has 0 spiro atoms. The van der Waals surface area contributed by atoms with Gasteiger partial charge in [0.25, 0.3) is 5.91 Å². The van der Waals surface area contributed by atoms with Crippen LogP contribution in [0.1, 0.15) is 42.1 Å². The molecule has 1 fully saturated rings. The lowest BCUT2D eigenvalue weighted by molar-refractivity contribution is 0.0814. The molecule has 9 heteroatoms. The number of amides is 1. The molecule has 3 aromatic rings. The highest BCUT2D eigenvalue weighted by Crippen LogP contribution is 2.33. The number of pyridine rings is 1. The van der Waals surface area contributed by atoms with Crippen LogP contribution in [0.15, 0.2) is 47.1 Å². The lowest BCUT2D eigenvalue weighted by Gasteiger charge is -2.35. The van der Waals surface area contributed by atoms with Gasteiger partial charge in [-0.3, -0.25) is 14.7 Å². The smallest absolute Gasteiger partial charge is 0.271 e. The monoisotopic (exact) mass is 437 g/mol. The zero-order valence-corrected chi connectivity index (χ0v) is 18.4. The number of nitrogens with one attached hydrogen (secondary N) is 1. The van der Waals surface area contributed by atoms with Crippen LogP contribution >= 0.6 is 0 Å². The van der Waals surface area contributed by atoms with Crippen LogP contribution in [0.25, 0.3) is 11.4 Å². The number of methoxy groups -OCH3 is 2. The standard InChI is InChI=1S/C23H27N5O4/c1-15(25-22(29)18-6-4-5-11-24-18)28-12-9-16(10-13-28)23-26-21(27-32-23)17-7-8-19(30-2)20(14-17)31-3/h4-8,11,14-16H,9-10,12-13H2,1-3H3,(H,25,29). The van der Waals surface area contributed by atoms with Crippen LogP contribution in [0.5, 0.6) is 11.5 Å². The summed E-state index contributed by atoms with van der Waals surface area (Å²) in [6, 6.07) is 10.8. The molecule has 1 atom stereocenters. The van der Waals surface area contributed by atoms with Crippen LogP contribution in [0.3, 0.4) is 0 Å². The number of carbonyl (C=O) groups excluding carboxylic acids is 1. The van der Waals surface area contributed by atoms with Crippen molar-refractivity contribution in [2.45, 2.75) is 31.8 Å². The Labute approximate surface area is 186 Å². The fourth-order valence-corrected chi connectivity index (χ4v) is 3.88. The Morgan fingerprint density at radius 1 is 1.16 bits per heavy atom. The molecule has 32 heavy (non-hydrogen) atoms. The van der Waals surface area contributed by atoms with E-state index < -0.39 is 0 Å². The van der Waals surface area contributed by atoms with Gasteiger partial charge in [0.2, 0.25) is 11.7 Å². The second kappa shape index (κ2) is 9.78. The van der Waals surface area contributed by atoms with Crippen molar-refractivity contribution in [3.63, 3.8) is 0 Å². The summed E-state index contributed by atoms with van der Waals surface area (Å²) in [4.78, 5) is 23.3. The Hall–Kier alpha value is -3.46. The number of carbonyl (C=O) groups is 1. The number of ether oxygens (including phenoxy) is 2. The molecule has 1 unspecified atom stereocenters. The second-order valence-corrected chi connectivity index (χ2v) is 7.70. The quantitative estimate of drug-likeness (QED) is 0.602. The van der Waals surface area contributed by atoms with Crippen molar-refractivity contribution in [3.05, 3.63) is 54.2 Å². The number of benzene rings is 1. The highest BCUT2D eigenvalue weighted by Gasteiger charge is 2.28. The molecule has 1 aliphatic rings. The van der Waals surface area contributed by atoms with Gasteiger partial charge in [0.05, 0.1) is 20.4 Å². The third-order valence-electron chi connectivity index (χ3n) is 5.75. The predicted molar refractivity (Wildman–Crippen MR) is 118 cm³/mol. The average molecular weight is 438 g/mol. The Kier molecular flexibility index (Phi) is 6.65. The molecule has 0 bridgehead atoms. The SMILES string of the molecule is COc1ccc(-c2noc(C3CCN(C(C)NC(=O)c4ccccn4)CC3)n2)cc1OC. The molecular formula is C23H27N5O4. The molecule has 1 aromatic carbocycles. The number of piperidine rings is 1. The first-order valence-electron chi connectivity index (χ1n) is 10.6. The van der Waals surface area contributed by atoms with Crippen LogP contribution in [-0.4, -0.2) is 59.4 Å². The maximum absolute atomic E-state index is 12.4. The molecule has 168 valence electrons. The van der Waals surface area contributed by atoms with Gasteiger partial charge in [-0.15, -0.1) is 0 Å². The summed E-state index contributed by atoms with van der Waals surface area (Å²) < 4.78 is 16.2. The highest BCUT2D eigenvalue weighted by atomic mass is 16.5. The first-order valence-corrected chi connectivity index (χ1v) is 10.6. The van der Waals surface area contributed by atoms with Gasteiger partial charge in [0.1, 0.15) is 5.69 Å². The number of nitrogens with zero attached hydrogens (tertiary/aromatic N) is 4. The number of aromatic nitrogens is 3. The first-order chi connectivity index (χ1) is 15.6. The van der Waals surface area contributed by atoms with E-state index in [0.717, 1.165) is 31.5 Å². The van der Waals surface area contributed by atoms with Gasteiger partial charge in [-0.05, 0) is 50.1 Å². The summed E-state index contributed by atoms with van der Waals surface area (Å²) in [6.07, 6.45) is 3.27. The molecule has 0 aliphatic carbocycles. The van der Waals surface area contributed by atoms with Gasteiger partial charge < -0.3 is 19.3 Å². The van der Waals surface area contributed by atoms with E-state index in [9.17, 15) is 4.79 Å². The van der Waals surface area contributed by atoms with Gasteiger partial charge in [0.15, 0.2) is 11.5 Å². The van der Waals surface area contributed by atoms with Crippen molar-refractivity contribution in [1.82, 2.24) is 25.3 Å². The van der Waals surface area contributed by atoms with E-state index >= 15 is 0 Å². The van der Waals surface area contributed by atoms with Crippen molar-refractivity contribution in [2.75, 3.05) is 27.3 Å². The van der Waals surface area contributed by atoms with E-state index in [-0.39, 0.29) is 18.0 Å². The molecule has 1 aliphatic heterocycles. The second-order valence-electron chi connectivity index (χ2n) is 7.70. The first kappa shape index (κ1) is 21.8. The molecule has 4 rings (SSSR count). The molecule has 1 amide bonds. The van der Waals surface area contributed by atoms with Crippen molar-refractivity contribution in [1.29, 1.82) is 0 Å². The number of hydrogen-bond donors (Lipinski definition) is 1. The molecule has 0 saturated carbocycles. The van der Waals surface area contributed by atoms with Gasteiger partial charge in [0, 0.05) is 30.8 Å². The van der Waals surface area contributed by atoms with Crippen molar-refractivity contribution in [2.24, 2.45) is 0 Å². The minimum Gasteiger partial charge on any atom is -0.493 e. The lowest BCUT2D eigenvalue weighted by Crippen LogP contribution is -2.49. The van der Waals surface area contributed by atoms with Crippen LogP contribution in [0.4, 0.5) is 0 Å². The van der Waals surface area contributed by atoms with Crippen LogP contribution in [-0.2, 0) is 0 Å². The Morgan fingerprint density at radius 2 is 1.94 bits per heavy atom. The normalized spacial score (nSPS) is 15.8. The molecule has 1 saturated heterocycles. The summed E-state index contributed by atoms with van der Waals surface area (Å²) >= 11 is 0.